The highest BCUT2D eigenvalue weighted by Gasteiger charge is 2.08. The van der Waals surface area contributed by atoms with E-state index >= 15 is 0 Å². The summed E-state index contributed by atoms with van der Waals surface area (Å²) in [5, 5.41) is 0.705. The molecule has 0 radical (unpaired) electrons. The minimum Gasteiger partial charge on any atom is -0.295 e. The molecule has 86 valence electrons. The van der Waals surface area contributed by atoms with E-state index in [0.717, 1.165) is 16.7 Å². The molecule has 0 saturated carbocycles. The lowest BCUT2D eigenvalue weighted by Crippen LogP contribution is -1.94. The highest BCUT2D eigenvalue weighted by atomic mass is 35.5. The van der Waals surface area contributed by atoms with Gasteiger partial charge in [-0.25, -0.2) is 0 Å². The Kier molecular flexibility index (Phi) is 3.30. The molecule has 2 rings (SSSR count). The van der Waals surface area contributed by atoms with E-state index in [0.29, 0.717) is 10.6 Å². The van der Waals surface area contributed by atoms with Crippen molar-refractivity contribution >= 4 is 17.4 Å². The summed E-state index contributed by atoms with van der Waals surface area (Å²) in [7, 11) is 0. The molecule has 0 spiro atoms. The second kappa shape index (κ2) is 4.72. The van der Waals surface area contributed by atoms with Crippen LogP contribution in [0, 0.1) is 6.92 Å². The first-order chi connectivity index (χ1) is 8.09. The number of Topliss-reactive ketones (excluding diaryl/α,β-unsaturated/α-hetero) is 1. The third kappa shape index (κ3) is 2.40. The molecule has 0 N–H and O–H groups in total. The number of halogens is 1. The van der Waals surface area contributed by atoms with Crippen LogP contribution in [0.2, 0.25) is 5.02 Å². The average molecular weight is 245 g/mol. The molecule has 0 fully saturated rings. The smallest absolute Gasteiger partial charge is 0.159 e. The molecule has 0 bridgehead atoms. The Bertz CT molecular complexity index is 573. The molecule has 0 saturated heterocycles. The van der Waals surface area contributed by atoms with Crippen LogP contribution in [0.4, 0.5) is 0 Å². The summed E-state index contributed by atoms with van der Waals surface area (Å²) in [6.45, 7) is 3.59. The molecule has 2 aromatic carbocycles. The highest BCUT2D eigenvalue weighted by molar-refractivity contribution is 6.33. The highest BCUT2D eigenvalue weighted by Crippen LogP contribution is 2.30. The largest absolute Gasteiger partial charge is 0.295 e. The Morgan fingerprint density at radius 1 is 1.06 bits per heavy atom. The summed E-state index contributed by atoms with van der Waals surface area (Å²) < 4.78 is 0. The zero-order valence-corrected chi connectivity index (χ0v) is 10.6. The molecule has 0 aromatic heterocycles. The van der Waals surface area contributed by atoms with Gasteiger partial charge in [-0.3, -0.25) is 4.79 Å². The fraction of sp³-hybridized carbons (Fsp3) is 0.133. The van der Waals surface area contributed by atoms with Crippen molar-refractivity contribution in [3.63, 3.8) is 0 Å². The number of rotatable bonds is 2. The van der Waals surface area contributed by atoms with E-state index in [9.17, 15) is 4.79 Å². The molecule has 0 aliphatic carbocycles. The zero-order valence-electron chi connectivity index (χ0n) is 9.83. The Morgan fingerprint density at radius 2 is 1.76 bits per heavy atom. The van der Waals surface area contributed by atoms with Crippen molar-refractivity contribution in [2.24, 2.45) is 0 Å². The Hall–Kier alpha value is -1.60. The van der Waals surface area contributed by atoms with Gasteiger partial charge >= 0.3 is 0 Å². The van der Waals surface area contributed by atoms with Crippen LogP contribution in [0.5, 0.6) is 0 Å². The molecule has 0 amide bonds. The van der Waals surface area contributed by atoms with Crippen molar-refractivity contribution in [1.29, 1.82) is 0 Å². The Balaban J connectivity index is 2.63. The molecule has 17 heavy (non-hydrogen) atoms. The lowest BCUT2D eigenvalue weighted by molar-refractivity contribution is 0.101. The number of hydrogen-bond acceptors (Lipinski definition) is 1. The lowest BCUT2D eigenvalue weighted by atomic mass is 9.97. The van der Waals surface area contributed by atoms with Gasteiger partial charge < -0.3 is 0 Å². The van der Waals surface area contributed by atoms with E-state index in [4.69, 9.17) is 11.6 Å². The van der Waals surface area contributed by atoms with Crippen LogP contribution in [0.1, 0.15) is 22.8 Å². The van der Waals surface area contributed by atoms with E-state index in [2.05, 4.69) is 0 Å². The molecule has 0 unspecified atom stereocenters. The number of carbonyl (C=O) groups excluding carboxylic acids is 1. The van der Waals surface area contributed by atoms with Crippen molar-refractivity contribution < 1.29 is 4.79 Å². The van der Waals surface area contributed by atoms with Gasteiger partial charge in [0.25, 0.3) is 0 Å². The van der Waals surface area contributed by atoms with Gasteiger partial charge in [-0.15, -0.1) is 0 Å². The quantitative estimate of drug-likeness (QED) is 0.710. The van der Waals surface area contributed by atoms with Gasteiger partial charge in [-0.05, 0) is 37.1 Å². The van der Waals surface area contributed by atoms with E-state index in [1.54, 1.807) is 6.92 Å². The summed E-state index contributed by atoms with van der Waals surface area (Å²) in [5.41, 5.74) is 3.81. The van der Waals surface area contributed by atoms with Crippen LogP contribution in [-0.4, -0.2) is 5.78 Å². The second-order valence-electron chi connectivity index (χ2n) is 4.07. The first kappa shape index (κ1) is 11.9. The monoisotopic (exact) mass is 244 g/mol. The first-order valence-corrected chi connectivity index (χ1v) is 5.84. The molecule has 2 heteroatoms. The summed E-state index contributed by atoms with van der Waals surface area (Å²) in [5.74, 6) is 0.0679. The van der Waals surface area contributed by atoms with Gasteiger partial charge in [0.2, 0.25) is 0 Å². The van der Waals surface area contributed by atoms with Crippen molar-refractivity contribution in [2.75, 3.05) is 0 Å². The van der Waals surface area contributed by atoms with E-state index in [1.807, 2.05) is 49.4 Å². The molecule has 0 atom stereocenters. The van der Waals surface area contributed by atoms with Crippen LogP contribution < -0.4 is 0 Å². The second-order valence-corrected chi connectivity index (χ2v) is 4.47. The third-order valence-electron chi connectivity index (χ3n) is 2.81. The van der Waals surface area contributed by atoms with Gasteiger partial charge in [-0.1, -0.05) is 41.9 Å². The zero-order chi connectivity index (χ0) is 12.4. The number of carbonyl (C=O) groups is 1. The van der Waals surface area contributed by atoms with E-state index in [-0.39, 0.29) is 5.78 Å². The maximum atomic E-state index is 11.4. The first-order valence-electron chi connectivity index (χ1n) is 5.46. The predicted molar refractivity (Wildman–Crippen MR) is 71.6 cm³/mol. The van der Waals surface area contributed by atoms with Crippen molar-refractivity contribution in [1.82, 2.24) is 0 Å². The van der Waals surface area contributed by atoms with Gasteiger partial charge in [0.1, 0.15) is 0 Å². The SMILES string of the molecule is CC(=O)c1ccc(C)c(-c2ccccc2Cl)c1. The standard InChI is InChI=1S/C15H13ClO/c1-10-7-8-12(11(2)17)9-14(10)13-5-3-4-6-15(13)16/h3-9H,1-2H3. The average Bonchev–Trinajstić information content (AvgIpc) is 2.30. The topological polar surface area (TPSA) is 17.1 Å². The van der Waals surface area contributed by atoms with Crippen LogP contribution in [0.15, 0.2) is 42.5 Å². The van der Waals surface area contributed by atoms with Crippen molar-refractivity contribution in [3.8, 4) is 11.1 Å². The minimum absolute atomic E-state index is 0.0679. The Labute approximate surface area is 106 Å². The van der Waals surface area contributed by atoms with Crippen molar-refractivity contribution in [2.45, 2.75) is 13.8 Å². The molecular formula is C15H13ClO. The summed E-state index contributed by atoms with van der Waals surface area (Å²) in [4.78, 5) is 11.4. The minimum atomic E-state index is 0.0679. The molecule has 1 nitrogen and oxygen atoms in total. The summed E-state index contributed by atoms with van der Waals surface area (Å²) in [6.07, 6.45) is 0. The maximum Gasteiger partial charge on any atom is 0.159 e. The van der Waals surface area contributed by atoms with Crippen LogP contribution >= 0.6 is 11.6 Å². The number of aryl methyl sites for hydroxylation is 1. The summed E-state index contributed by atoms with van der Waals surface area (Å²) in [6, 6.07) is 13.4. The number of hydrogen-bond donors (Lipinski definition) is 0. The van der Waals surface area contributed by atoms with Crippen LogP contribution in [0.25, 0.3) is 11.1 Å². The number of benzene rings is 2. The van der Waals surface area contributed by atoms with E-state index < -0.39 is 0 Å². The molecular weight excluding hydrogens is 232 g/mol. The lowest BCUT2D eigenvalue weighted by Gasteiger charge is -2.09. The van der Waals surface area contributed by atoms with Crippen LogP contribution in [0.3, 0.4) is 0 Å². The van der Waals surface area contributed by atoms with Crippen LogP contribution in [-0.2, 0) is 0 Å². The fourth-order valence-electron chi connectivity index (χ4n) is 1.81. The summed E-state index contributed by atoms with van der Waals surface area (Å²) >= 11 is 6.18. The molecule has 0 heterocycles. The van der Waals surface area contributed by atoms with Gasteiger partial charge in [-0.2, -0.15) is 0 Å². The van der Waals surface area contributed by atoms with Gasteiger partial charge in [0.15, 0.2) is 5.78 Å². The number of ketones is 1. The molecule has 0 aliphatic heterocycles. The Morgan fingerprint density at radius 3 is 2.41 bits per heavy atom. The fourth-order valence-corrected chi connectivity index (χ4v) is 2.05. The molecule has 0 aliphatic rings. The predicted octanol–water partition coefficient (Wildman–Crippen LogP) is 4.52. The normalized spacial score (nSPS) is 10.3. The third-order valence-corrected chi connectivity index (χ3v) is 3.14. The molecule has 2 aromatic rings. The van der Waals surface area contributed by atoms with E-state index in [1.165, 1.54) is 0 Å². The van der Waals surface area contributed by atoms with Gasteiger partial charge in [0, 0.05) is 16.1 Å². The van der Waals surface area contributed by atoms with Crippen molar-refractivity contribution in [3.05, 3.63) is 58.6 Å². The maximum absolute atomic E-state index is 11.4. The van der Waals surface area contributed by atoms with Gasteiger partial charge in [0.05, 0.1) is 0 Å².